The molecule has 0 unspecified atom stereocenters. The number of thiophene rings is 1. The quantitative estimate of drug-likeness (QED) is 0.295. The molecular weight excluding hydrogens is 461 g/mol. The lowest BCUT2D eigenvalue weighted by atomic mass is 10.1. The number of rotatable bonds is 8. The highest BCUT2D eigenvalue weighted by atomic mass is 35.5. The maximum absolute atomic E-state index is 12.8. The second kappa shape index (κ2) is 9.61. The van der Waals surface area contributed by atoms with Gasteiger partial charge in [0.15, 0.2) is 6.61 Å². The maximum atomic E-state index is 12.8. The SMILES string of the molecule is COC[C@@H](C)n1c(C)cc(C(=O)COC(=O)c2sc3c(Cl)c(OC)ccc3c2Cl)c1C. The second-order valence-corrected chi connectivity index (χ2v) is 8.94. The highest BCUT2D eigenvalue weighted by Gasteiger charge is 2.24. The number of ketones is 1. The highest BCUT2D eigenvalue weighted by Crippen LogP contribution is 2.43. The zero-order valence-electron chi connectivity index (χ0n) is 17.9. The van der Waals surface area contributed by atoms with E-state index in [-0.39, 0.29) is 28.3 Å². The van der Waals surface area contributed by atoms with Gasteiger partial charge in [0.25, 0.3) is 0 Å². The van der Waals surface area contributed by atoms with Crippen LogP contribution in [0.3, 0.4) is 0 Å². The fourth-order valence-electron chi connectivity index (χ4n) is 3.70. The number of hydrogen-bond donors (Lipinski definition) is 0. The van der Waals surface area contributed by atoms with Crippen LogP contribution in [0.1, 0.15) is 44.4 Å². The summed E-state index contributed by atoms with van der Waals surface area (Å²) in [7, 11) is 3.15. The molecule has 0 saturated heterocycles. The van der Waals surface area contributed by atoms with Crippen LogP contribution < -0.4 is 4.74 Å². The van der Waals surface area contributed by atoms with Gasteiger partial charge in [0, 0.05) is 29.4 Å². The molecule has 0 aliphatic heterocycles. The van der Waals surface area contributed by atoms with Gasteiger partial charge in [-0.05, 0) is 39.0 Å². The van der Waals surface area contributed by atoms with Crippen LogP contribution in [0.5, 0.6) is 5.75 Å². The summed E-state index contributed by atoms with van der Waals surface area (Å²) in [6.45, 7) is 5.95. The molecule has 0 spiro atoms. The molecule has 0 bridgehead atoms. The predicted octanol–water partition coefficient (Wildman–Crippen LogP) is 5.88. The molecule has 31 heavy (non-hydrogen) atoms. The van der Waals surface area contributed by atoms with Crippen LogP contribution in [-0.2, 0) is 9.47 Å². The van der Waals surface area contributed by atoms with E-state index >= 15 is 0 Å². The first kappa shape index (κ1) is 23.6. The molecule has 3 aromatic rings. The number of aryl methyl sites for hydroxylation is 1. The number of methoxy groups -OCH3 is 2. The number of carbonyl (C=O) groups is 2. The number of benzene rings is 1. The summed E-state index contributed by atoms with van der Waals surface area (Å²) in [5, 5.41) is 1.25. The van der Waals surface area contributed by atoms with E-state index in [1.54, 1.807) is 25.3 Å². The Hall–Kier alpha value is -2.06. The lowest BCUT2D eigenvalue weighted by molar-refractivity contribution is 0.0479. The lowest BCUT2D eigenvalue weighted by Crippen LogP contribution is -2.16. The average Bonchev–Trinajstić information content (AvgIpc) is 3.23. The minimum atomic E-state index is -0.670. The van der Waals surface area contributed by atoms with Crippen LogP contribution in [-0.4, -0.2) is 43.8 Å². The van der Waals surface area contributed by atoms with Gasteiger partial charge in [-0.2, -0.15) is 0 Å². The molecule has 9 heteroatoms. The van der Waals surface area contributed by atoms with E-state index in [1.165, 1.54) is 7.11 Å². The van der Waals surface area contributed by atoms with Crippen molar-refractivity contribution in [2.45, 2.75) is 26.8 Å². The predicted molar refractivity (Wildman–Crippen MR) is 124 cm³/mol. The first-order chi connectivity index (χ1) is 14.7. The van der Waals surface area contributed by atoms with E-state index in [1.807, 2.05) is 25.3 Å². The summed E-state index contributed by atoms with van der Waals surface area (Å²) in [6.07, 6.45) is 0. The third-order valence-corrected chi connectivity index (χ3v) is 7.27. The van der Waals surface area contributed by atoms with Crippen molar-refractivity contribution < 1.29 is 23.8 Å². The van der Waals surface area contributed by atoms with Crippen molar-refractivity contribution in [3.63, 3.8) is 0 Å². The fourth-order valence-corrected chi connectivity index (χ4v) is 5.48. The van der Waals surface area contributed by atoms with E-state index in [2.05, 4.69) is 0 Å². The minimum Gasteiger partial charge on any atom is -0.495 e. The van der Waals surface area contributed by atoms with Crippen LogP contribution in [0.4, 0.5) is 0 Å². The summed E-state index contributed by atoms with van der Waals surface area (Å²) in [4.78, 5) is 25.6. The topological polar surface area (TPSA) is 66.8 Å². The first-order valence-electron chi connectivity index (χ1n) is 9.53. The molecule has 1 aromatic carbocycles. The number of carbonyl (C=O) groups excluding carboxylic acids is 2. The number of halogens is 2. The summed E-state index contributed by atoms with van der Waals surface area (Å²) in [5.41, 5.74) is 2.26. The summed E-state index contributed by atoms with van der Waals surface area (Å²) < 4.78 is 18.4. The van der Waals surface area contributed by atoms with Crippen molar-refractivity contribution in [3.05, 3.63) is 50.1 Å². The van der Waals surface area contributed by atoms with Gasteiger partial charge in [-0.15, -0.1) is 11.3 Å². The molecule has 0 amide bonds. The second-order valence-electron chi connectivity index (χ2n) is 7.16. The first-order valence-corrected chi connectivity index (χ1v) is 11.1. The molecule has 0 aliphatic rings. The van der Waals surface area contributed by atoms with Crippen LogP contribution in [0.2, 0.25) is 10.0 Å². The molecule has 2 aromatic heterocycles. The largest absolute Gasteiger partial charge is 0.495 e. The lowest BCUT2D eigenvalue weighted by Gasteiger charge is -2.17. The van der Waals surface area contributed by atoms with Gasteiger partial charge in [-0.1, -0.05) is 23.2 Å². The molecule has 0 saturated carbocycles. The number of aromatic nitrogens is 1. The molecule has 0 aliphatic carbocycles. The van der Waals surface area contributed by atoms with Crippen LogP contribution in [0.15, 0.2) is 18.2 Å². The highest BCUT2D eigenvalue weighted by molar-refractivity contribution is 7.22. The Bertz CT molecular complexity index is 1150. The number of Topliss-reactive ketones (excluding diaryl/α,β-unsaturated/α-hetero) is 1. The molecule has 3 rings (SSSR count). The van der Waals surface area contributed by atoms with Gasteiger partial charge >= 0.3 is 5.97 Å². The van der Waals surface area contributed by atoms with Gasteiger partial charge in [0.1, 0.15) is 15.6 Å². The fraction of sp³-hybridized carbons (Fsp3) is 0.364. The van der Waals surface area contributed by atoms with Crippen LogP contribution in [0.25, 0.3) is 10.1 Å². The van der Waals surface area contributed by atoms with Gasteiger partial charge in [-0.3, -0.25) is 4.79 Å². The van der Waals surface area contributed by atoms with Gasteiger partial charge < -0.3 is 18.8 Å². The van der Waals surface area contributed by atoms with Crippen molar-refractivity contribution in [3.8, 4) is 5.75 Å². The maximum Gasteiger partial charge on any atom is 0.350 e. The van der Waals surface area contributed by atoms with E-state index in [0.717, 1.165) is 22.7 Å². The molecule has 6 nitrogen and oxygen atoms in total. The molecule has 0 N–H and O–H groups in total. The smallest absolute Gasteiger partial charge is 0.350 e. The van der Waals surface area contributed by atoms with Crippen molar-refractivity contribution in [1.82, 2.24) is 4.57 Å². The number of nitrogens with zero attached hydrogens (tertiary/aromatic N) is 1. The number of hydrogen-bond acceptors (Lipinski definition) is 6. The van der Waals surface area contributed by atoms with Crippen molar-refractivity contribution in [1.29, 1.82) is 0 Å². The van der Waals surface area contributed by atoms with E-state index in [9.17, 15) is 9.59 Å². The van der Waals surface area contributed by atoms with E-state index < -0.39 is 5.97 Å². The Morgan fingerprint density at radius 2 is 1.87 bits per heavy atom. The number of ether oxygens (including phenoxy) is 3. The van der Waals surface area contributed by atoms with Crippen LogP contribution >= 0.6 is 34.5 Å². The Kier molecular flexibility index (Phi) is 7.31. The standard InChI is InChI=1S/C22H23Cl2NO5S/c1-11-8-15(13(3)25(11)12(2)9-28-4)16(26)10-30-22(27)21-18(23)14-6-7-17(29-5)19(24)20(14)31-21/h6-8,12H,9-10H2,1-5H3/t12-/m1/s1. The minimum absolute atomic E-state index is 0.0770. The van der Waals surface area contributed by atoms with Crippen LogP contribution in [0, 0.1) is 13.8 Å². The van der Waals surface area contributed by atoms with Gasteiger partial charge in [0.05, 0.1) is 29.5 Å². The van der Waals surface area contributed by atoms with Crippen molar-refractivity contribution in [2.75, 3.05) is 27.4 Å². The van der Waals surface area contributed by atoms with E-state index in [4.69, 9.17) is 37.4 Å². The van der Waals surface area contributed by atoms with E-state index in [0.29, 0.717) is 33.0 Å². The van der Waals surface area contributed by atoms with Crippen molar-refractivity contribution in [2.24, 2.45) is 0 Å². The van der Waals surface area contributed by atoms with Gasteiger partial charge in [-0.25, -0.2) is 4.79 Å². The molecule has 1 atom stereocenters. The molecule has 0 fully saturated rings. The number of fused-ring (bicyclic) bond motifs is 1. The molecule has 166 valence electrons. The Balaban J connectivity index is 1.79. The zero-order chi connectivity index (χ0) is 22.9. The molecule has 2 heterocycles. The normalized spacial score (nSPS) is 12.2. The van der Waals surface area contributed by atoms with Gasteiger partial charge in [0.2, 0.25) is 5.78 Å². The average molecular weight is 484 g/mol. The van der Waals surface area contributed by atoms with Crippen molar-refractivity contribution >= 4 is 56.4 Å². The molecular formula is C22H23Cl2NO5S. The Morgan fingerprint density at radius 1 is 1.16 bits per heavy atom. The number of esters is 1. The molecule has 0 radical (unpaired) electrons. The summed E-state index contributed by atoms with van der Waals surface area (Å²) in [6, 6.07) is 5.29. The Labute approximate surface area is 194 Å². The zero-order valence-corrected chi connectivity index (χ0v) is 20.2. The third-order valence-electron chi connectivity index (χ3n) is 5.07. The Morgan fingerprint density at radius 3 is 2.52 bits per heavy atom. The monoisotopic (exact) mass is 483 g/mol. The summed E-state index contributed by atoms with van der Waals surface area (Å²) >= 11 is 13.8. The summed E-state index contributed by atoms with van der Waals surface area (Å²) in [5.74, 6) is -0.467. The third kappa shape index (κ3) is 4.46.